The molecule has 0 saturated carbocycles. The lowest BCUT2D eigenvalue weighted by molar-refractivity contribution is 0.0339. The Morgan fingerprint density at radius 3 is 2.28 bits per heavy atom. The molecule has 1 heterocycles. The second kappa shape index (κ2) is 13.7. The number of nitrogens with zero attached hydrogens (tertiary/aromatic N) is 1. The number of hydrogen-bond donors (Lipinski definition) is 1. The van der Waals surface area contributed by atoms with Gasteiger partial charge in [0, 0.05) is 31.7 Å². The highest BCUT2D eigenvalue weighted by Gasteiger charge is 2.13. The highest BCUT2D eigenvalue weighted by atomic mass is 35.5. The lowest BCUT2D eigenvalue weighted by Gasteiger charge is -2.27. The van der Waals surface area contributed by atoms with Crippen molar-refractivity contribution in [3.05, 3.63) is 59.2 Å². The van der Waals surface area contributed by atoms with Gasteiger partial charge in [-0.3, -0.25) is 4.90 Å². The van der Waals surface area contributed by atoms with Crippen molar-refractivity contribution in [3.63, 3.8) is 0 Å². The molecule has 0 unspecified atom stereocenters. The Hall–Kier alpha value is -1.50. The third-order valence-electron chi connectivity index (χ3n) is 4.92. The topological polar surface area (TPSA) is 43.0 Å². The minimum absolute atomic E-state index is 0. The van der Waals surface area contributed by atoms with Gasteiger partial charge in [0.25, 0.3) is 0 Å². The zero-order chi connectivity index (χ0) is 18.9. The average molecular weight is 443 g/mol. The van der Waals surface area contributed by atoms with Crippen LogP contribution in [0.4, 0.5) is 0 Å². The lowest BCUT2D eigenvalue weighted by Crippen LogP contribution is -2.35. The van der Waals surface area contributed by atoms with Crippen LogP contribution in [0.1, 0.15) is 16.7 Å². The van der Waals surface area contributed by atoms with Crippen LogP contribution in [0.3, 0.4) is 0 Å². The van der Waals surface area contributed by atoms with Gasteiger partial charge < -0.3 is 19.5 Å². The normalized spacial score (nSPS) is 13.9. The first-order chi connectivity index (χ1) is 13.3. The number of benzene rings is 2. The number of hydrogen-bond acceptors (Lipinski definition) is 5. The largest absolute Gasteiger partial charge is 0.497 e. The molecular weight excluding hydrogens is 411 g/mol. The summed E-state index contributed by atoms with van der Waals surface area (Å²) in [7, 11) is 3.43. The molecule has 1 N–H and O–H groups in total. The van der Waals surface area contributed by atoms with E-state index in [1.54, 1.807) is 14.2 Å². The van der Waals surface area contributed by atoms with Gasteiger partial charge in [-0.1, -0.05) is 18.2 Å². The highest BCUT2D eigenvalue weighted by molar-refractivity contribution is 5.85. The molecule has 1 saturated heterocycles. The van der Waals surface area contributed by atoms with E-state index in [-0.39, 0.29) is 24.8 Å². The maximum absolute atomic E-state index is 5.56. The molecule has 2 aromatic carbocycles. The molecule has 5 nitrogen and oxygen atoms in total. The quantitative estimate of drug-likeness (QED) is 0.599. The van der Waals surface area contributed by atoms with Gasteiger partial charge in [-0.25, -0.2) is 0 Å². The zero-order valence-corrected chi connectivity index (χ0v) is 18.8. The van der Waals surface area contributed by atoms with Crippen molar-refractivity contribution in [2.45, 2.75) is 19.5 Å². The molecule has 0 atom stereocenters. The van der Waals surface area contributed by atoms with Gasteiger partial charge in [-0.15, -0.1) is 24.8 Å². The minimum atomic E-state index is 0. The number of nitrogens with one attached hydrogen (secondary N) is 1. The third kappa shape index (κ3) is 8.03. The maximum Gasteiger partial charge on any atom is 0.123 e. The Kier molecular flexibility index (Phi) is 12.0. The third-order valence-corrected chi connectivity index (χ3v) is 4.92. The molecule has 2 aromatic rings. The predicted octanol–water partition coefficient (Wildman–Crippen LogP) is 3.71. The predicted molar refractivity (Wildman–Crippen MR) is 122 cm³/mol. The summed E-state index contributed by atoms with van der Waals surface area (Å²) in [5.74, 6) is 1.86. The molecular formula is C22H32Cl2N2O3. The molecule has 0 aliphatic carbocycles. The van der Waals surface area contributed by atoms with E-state index in [0.717, 1.165) is 63.9 Å². The van der Waals surface area contributed by atoms with E-state index < -0.39 is 0 Å². The minimum Gasteiger partial charge on any atom is -0.497 e. The second-order valence-corrected chi connectivity index (χ2v) is 6.81. The van der Waals surface area contributed by atoms with Crippen LogP contribution in [0.5, 0.6) is 11.5 Å². The summed E-state index contributed by atoms with van der Waals surface area (Å²) < 4.78 is 16.2. The molecule has 0 amide bonds. The van der Waals surface area contributed by atoms with E-state index in [1.165, 1.54) is 16.7 Å². The number of ether oxygens (including phenoxy) is 3. The van der Waals surface area contributed by atoms with Gasteiger partial charge >= 0.3 is 0 Å². The monoisotopic (exact) mass is 442 g/mol. The summed E-state index contributed by atoms with van der Waals surface area (Å²) in [5.41, 5.74) is 3.84. The van der Waals surface area contributed by atoms with Crippen molar-refractivity contribution in [1.29, 1.82) is 0 Å². The molecule has 7 heteroatoms. The molecule has 3 rings (SSSR count). The molecule has 162 valence electrons. The van der Waals surface area contributed by atoms with Crippen molar-refractivity contribution in [2.24, 2.45) is 0 Å². The Labute approximate surface area is 186 Å². The van der Waals surface area contributed by atoms with Crippen LogP contribution in [-0.2, 0) is 24.2 Å². The SMILES string of the molecule is COc1ccc(CCNCc2ccc(OC)c(CN3CCOCC3)c2)cc1.Cl.Cl. The maximum atomic E-state index is 5.56. The number of morpholine rings is 1. The van der Waals surface area contributed by atoms with E-state index in [9.17, 15) is 0 Å². The van der Waals surface area contributed by atoms with Crippen LogP contribution >= 0.6 is 24.8 Å². The van der Waals surface area contributed by atoms with Crippen molar-refractivity contribution < 1.29 is 14.2 Å². The Morgan fingerprint density at radius 2 is 1.62 bits per heavy atom. The van der Waals surface area contributed by atoms with Crippen LogP contribution in [0.15, 0.2) is 42.5 Å². The fourth-order valence-electron chi connectivity index (χ4n) is 3.32. The van der Waals surface area contributed by atoms with Crippen molar-refractivity contribution in [2.75, 3.05) is 47.1 Å². The molecule has 0 spiro atoms. The molecule has 29 heavy (non-hydrogen) atoms. The summed E-state index contributed by atoms with van der Waals surface area (Å²) in [5, 5.41) is 3.54. The van der Waals surface area contributed by atoms with Crippen molar-refractivity contribution in [1.82, 2.24) is 10.2 Å². The molecule has 1 aliphatic heterocycles. The summed E-state index contributed by atoms with van der Waals surface area (Å²) in [6.07, 6.45) is 1.00. The van der Waals surface area contributed by atoms with Crippen LogP contribution in [0, 0.1) is 0 Å². The van der Waals surface area contributed by atoms with Crippen LogP contribution in [0.25, 0.3) is 0 Å². The van der Waals surface area contributed by atoms with E-state index in [0.29, 0.717) is 0 Å². The summed E-state index contributed by atoms with van der Waals surface area (Å²) in [4.78, 5) is 2.42. The van der Waals surface area contributed by atoms with Crippen LogP contribution < -0.4 is 14.8 Å². The fraction of sp³-hybridized carbons (Fsp3) is 0.455. The van der Waals surface area contributed by atoms with Crippen molar-refractivity contribution in [3.8, 4) is 11.5 Å². The number of methoxy groups -OCH3 is 2. The van der Waals surface area contributed by atoms with E-state index in [2.05, 4.69) is 40.5 Å². The molecule has 1 fully saturated rings. The van der Waals surface area contributed by atoms with Gasteiger partial charge in [0.05, 0.1) is 27.4 Å². The summed E-state index contributed by atoms with van der Waals surface area (Å²) in [6.45, 7) is 6.30. The fourth-order valence-corrected chi connectivity index (χ4v) is 3.32. The molecule has 0 bridgehead atoms. The number of rotatable bonds is 9. The number of halogens is 2. The smallest absolute Gasteiger partial charge is 0.123 e. The van der Waals surface area contributed by atoms with Gasteiger partial charge in [0.2, 0.25) is 0 Å². The average Bonchev–Trinajstić information content (AvgIpc) is 2.72. The van der Waals surface area contributed by atoms with Gasteiger partial charge in [-0.2, -0.15) is 0 Å². The zero-order valence-electron chi connectivity index (χ0n) is 17.2. The first kappa shape index (κ1) is 25.5. The van der Waals surface area contributed by atoms with Crippen LogP contribution in [-0.4, -0.2) is 52.0 Å². The Balaban J connectivity index is 0.00000210. The second-order valence-electron chi connectivity index (χ2n) is 6.81. The summed E-state index contributed by atoms with van der Waals surface area (Å²) >= 11 is 0. The van der Waals surface area contributed by atoms with Gasteiger partial charge in [0.15, 0.2) is 0 Å². The van der Waals surface area contributed by atoms with E-state index >= 15 is 0 Å². The first-order valence-electron chi connectivity index (χ1n) is 9.58. The lowest BCUT2D eigenvalue weighted by atomic mass is 10.1. The highest BCUT2D eigenvalue weighted by Crippen LogP contribution is 2.22. The van der Waals surface area contributed by atoms with Crippen LogP contribution in [0.2, 0.25) is 0 Å². The van der Waals surface area contributed by atoms with E-state index in [1.807, 2.05) is 12.1 Å². The van der Waals surface area contributed by atoms with Gasteiger partial charge in [-0.05, 0) is 48.4 Å². The molecule has 1 aliphatic rings. The summed E-state index contributed by atoms with van der Waals surface area (Å²) in [6, 6.07) is 14.7. The Morgan fingerprint density at radius 1 is 0.931 bits per heavy atom. The molecule has 0 aromatic heterocycles. The van der Waals surface area contributed by atoms with Gasteiger partial charge in [0.1, 0.15) is 11.5 Å². The first-order valence-corrected chi connectivity index (χ1v) is 9.58. The van der Waals surface area contributed by atoms with Crippen molar-refractivity contribution >= 4 is 24.8 Å². The standard InChI is InChI=1S/C22H30N2O3.2ClH/c1-25-21-6-3-18(4-7-21)9-10-23-16-19-5-8-22(26-2)20(15-19)17-24-11-13-27-14-12-24;;/h3-8,15,23H,9-14,16-17H2,1-2H3;2*1H. The molecule has 0 radical (unpaired) electrons. The van der Waals surface area contributed by atoms with E-state index in [4.69, 9.17) is 14.2 Å². The Bertz CT molecular complexity index is 708.